The highest BCUT2D eigenvalue weighted by Crippen LogP contribution is 2.21. The fraction of sp³-hybridized carbons (Fsp3) is 0.312. The molecule has 4 nitrogen and oxygen atoms in total. The lowest BCUT2D eigenvalue weighted by atomic mass is 10.0. The van der Waals surface area contributed by atoms with Crippen LogP contribution in [0.4, 0.5) is 5.82 Å². The second-order valence-corrected chi connectivity index (χ2v) is 5.09. The molecule has 0 aliphatic rings. The van der Waals surface area contributed by atoms with E-state index in [1.165, 1.54) is 0 Å². The standard InChI is InChI=1S/C16H17ClN4/c1-3-13-14(9-18)16(21-20-15(13)4-2)19-10-11-6-5-7-12(17)8-11/h5-8H,3-4,10H2,1-2H3,(H,19,21). The maximum Gasteiger partial charge on any atom is 0.167 e. The molecule has 2 rings (SSSR count). The molecule has 0 aliphatic heterocycles. The number of aryl methyl sites for hydroxylation is 1. The van der Waals surface area contributed by atoms with Crippen LogP contribution in [0.3, 0.4) is 0 Å². The molecule has 0 amide bonds. The number of nitrogens with one attached hydrogen (secondary N) is 1. The normalized spacial score (nSPS) is 10.2. The zero-order valence-corrected chi connectivity index (χ0v) is 12.9. The van der Waals surface area contributed by atoms with Crippen molar-refractivity contribution in [1.82, 2.24) is 10.2 Å². The first-order chi connectivity index (χ1) is 10.2. The summed E-state index contributed by atoms with van der Waals surface area (Å²) in [6, 6.07) is 9.83. The average molecular weight is 301 g/mol. The molecule has 0 atom stereocenters. The number of nitrogens with zero attached hydrogens (tertiary/aromatic N) is 3. The smallest absolute Gasteiger partial charge is 0.167 e. The molecular weight excluding hydrogens is 284 g/mol. The van der Waals surface area contributed by atoms with E-state index in [2.05, 4.69) is 21.6 Å². The van der Waals surface area contributed by atoms with Crippen molar-refractivity contribution in [3.63, 3.8) is 0 Å². The van der Waals surface area contributed by atoms with Gasteiger partial charge in [0.25, 0.3) is 0 Å². The highest BCUT2D eigenvalue weighted by atomic mass is 35.5. The molecule has 0 spiro atoms. The Morgan fingerprint density at radius 3 is 2.67 bits per heavy atom. The third-order valence-corrected chi connectivity index (χ3v) is 3.54. The van der Waals surface area contributed by atoms with E-state index in [1.807, 2.05) is 38.1 Å². The summed E-state index contributed by atoms with van der Waals surface area (Å²) in [7, 11) is 0. The Kier molecular flexibility index (Phi) is 5.13. The molecule has 1 aromatic carbocycles. The minimum absolute atomic E-state index is 0.534. The van der Waals surface area contributed by atoms with Gasteiger partial charge in [-0.2, -0.15) is 10.4 Å². The Morgan fingerprint density at radius 1 is 1.24 bits per heavy atom. The van der Waals surface area contributed by atoms with E-state index in [-0.39, 0.29) is 0 Å². The van der Waals surface area contributed by atoms with E-state index in [0.29, 0.717) is 22.9 Å². The molecule has 1 N–H and O–H groups in total. The number of rotatable bonds is 5. The summed E-state index contributed by atoms with van der Waals surface area (Å²) < 4.78 is 0. The van der Waals surface area contributed by atoms with E-state index < -0.39 is 0 Å². The predicted molar refractivity (Wildman–Crippen MR) is 84.3 cm³/mol. The Balaban J connectivity index is 2.26. The van der Waals surface area contributed by atoms with E-state index in [1.54, 1.807) is 0 Å². The van der Waals surface area contributed by atoms with Crippen LogP contribution in [0, 0.1) is 11.3 Å². The topological polar surface area (TPSA) is 61.6 Å². The molecule has 1 heterocycles. The zero-order valence-electron chi connectivity index (χ0n) is 12.2. The van der Waals surface area contributed by atoms with Gasteiger partial charge >= 0.3 is 0 Å². The molecule has 0 radical (unpaired) electrons. The molecule has 108 valence electrons. The van der Waals surface area contributed by atoms with Gasteiger partial charge in [0, 0.05) is 11.6 Å². The van der Waals surface area contributed by atoms with Crippen molar-refractivity contribution in [3.8, 4) is 6.07 Å². The highest BCUT2D eigenvalue weighted by Gasteiger charge is 2.13. The van der Waals surface area contributed by atoms with Gasteiger partial charge in [0.05, 0.1) is 5.69 Å². The summed E-state index contributed by atoms with van der Waals surface area (Å²) in [5.74, 6) is 0.534. The highest BCUT2D eigenvalue weighted by molar-refractivity contribution is 6.30. The van der Waals surface area contributed by atoms with Crippen LogP contribution in [0.1, 0.15) is 36.2 Å². The first kappa shape index (κ1) is 15.3. The number of aromatic nitrogens is 2. The van der Waals surface area contributed by atoms with Gasteiger partial charge in [0.15, 0.2) is 5.82 Å². The lowest BCUT2D eigenvalue weighted by Gasteiger charge is -2.12. The second kappa shape index (κ2) is 7.05. The van der Waals surface area contributed by atoms with E-state index in [9.17, 15) is 5.26 Å². The first-order valence-corrected chi connectivity index (χ1v) is 7.34. The Morgan fingerprint density at radius 2 is 2.05 bits per heavy atom. The maximum absolute atomic E-state index is 9.41. The molecular formula is C16H17ClN4. The van der Waals surface area contributed by atoms with Crippen LogP contribution >= 0.6 is 11.6 Å². The molecule has 5 heteroatoms. The lowest BCUT2D eigenvalue weighted by molar-refractivity contribution is 0.869. The van der Waals surface area contributed by atoms with Crippen molar-refractivity contribution in [2.45, 2.75) is 33.2 Å². The summed E-state index contributed by atoms with van der Waals surface area (Å²) in [6.07, 6.45) is 1.55. The Labute approximate surface area is 129 Å². The molecule has 0 unspecified atom stereocenters. The number of halogens is 1. The van der Waals surface area contributed by atoms with E-state index >= 15 is 0 Å². The summed E-state index contributed by atoms with van der Waals surface area (Å²) >= 11 is 5.96. The van der Waals surface area contributed by atoms with Crippen LogP contribution in [0.5, 0.6) is 0 Å². The SMILES string of the molecule is CCc1nnc(NCc2cccc(Cl)c2)c(C#N)c1CC. The summed E-state index contributed by atoms with van der Waals surface area (Å²) in [4.78, 5) is 0. The molecule has 0 bridgehead atoms. The number of hydrogen-bond donors (Lipinski definition) is 1. The Hall–Kier alpha value is -2.12. The van der Waals surface area contributed by atoms with E-state index in [0.717, 1.165) is 29.7 Å². The van der Waals surface area contributed by atoms with Crippen molar-refractivity contribution < 1.29 is 0 Å². The number of hydrogen-bond acceptors (Lipinski definition) is 4. The van der Waals surface area contributed by atoms with Crippen LogP contribution in [0.2, 0.25) is 5.02 Å². The second-order valence-electron chi connectivity index (χ2n) is 4.65. The van der Waals surface area contributed by atoms with Crippen LogP contribution in [0.15, 0.2) is 24.3 Å². The van der Waals surface area contributed by atoms with Gasteiger partial charge in [-0.1, -0.05) is 37.6 Å². The third kappa shape index (κ3) is 3.50. The van der Waals surface area contributed by atoms with E-state index in [4.69, 9.17) is 11.6 Å². The van der Waals surface area contributed by atoms with Gasteiger partial charge in [-0.15, -0.1) is 5.10 Å². The molecule has 2 aromatic rings. The van der Waals surface area contributed by atoms with Crippen molar-refractivity contribution in [3.05, 3.63) is 51.7 Å². The molecule has 0 saturated heterocycles. The molecule has 0 aliphatic carbocycles. The fourth-order valence-corrected chi connectivity index (χ4v) is 2.46. The minimum atomic E-state index is 0.534. The van der Waals surface area contributed by atoms with Crippen LogP contribution < -0.4 is 5.32 Å². The van der Waals surface area contributed by atoms with Gasteiger partial charge in [0.1, 0.15) is 11.6 Å². The molecule has 0 fully saturated rings. The summed E-state index contributed by atoms with van der Waals surface area (Å²) in [6.45, 7) is 4.60. The first-order valence-electron chi connectivity index (χ1n) is 6.96. The predicted octanol–water partition coefficient (Wildman–Crippen LogP) is 3.74. The third-order valence-electron chi connectivity index (χ3n) is 3.31. The van der Waals surface area contributed by atoms with Crippen LogP contribution in [-0.2, 0) is 19.4 Å². The van der Waals surface area contributed by atoms with Gasteiger partial charge in [-0.3, -0.25) is 0 Å². The zero-order chi connectivity index (χ0) is 15.2. The number of anilines is 1. The Bertz CT molecular complexity index is 676. The summed E-state index contributed by atoms with van der Waals surface area (Å²) in [5, 5.41) is 21.6. The lowest BCUT2D eigenvalue weighted by Crippen LogP contribution is -2.10. The summed E-state index contributed by atoms with van der Waals surface area (Å²) in [5.41, 5.74) is 3.49. The molecule has 1 aromatic heterocycles. The van der Waals surface area contributed by atoms with Crippen molar-refractivity contribution >= 4 is 17.4 Å². The monoisotopic (exact) mass is 300 g/mol. The van der Waals surface area contributed by atoms with Crippen molar-refractivity contribution in [1.29, 1.82) is 5.26 Å². The maximum atomic E-state index is 9.41. The largest absolute Gasteiger partial charge is 0.363 e. The van der Waals surface area contributed by atoms with Crippen LogP contribution in [0.25, 0.3) is 0 Å². The quantitative estimate of drug-likeness (QED) is 0.913. The fourth-order valence-electron chi connectivity index (χ4n) is 2.25. The van der Waals surface area contributed by atoms with Crippen LogP contribution in [-0.4, -0.2) is 10.2 Å². The number of nitriles is 1. The molecule has 0 saturated carbocycles. The molecule has 21 heavy (non-hydrogen) atoms. The average Bonchev–Trinajstić information content (AvgIpc) is 2.51. The minimum Gasteiger partial charge on any atom is -0.363 e. The number of benzene rings is 1. The van der Waals surface area contributed by atoms with Gasteiger partial charge in [-0.25, -0.2) is 0 Å². The van der Waals surface area contributed by atoms with Gasteiger partial charge in [0.2, 0.25) is 0 Å². The van der Waals surface area contributed by atoms with Crippen molar-refractivity contribution in [2.24, 2.45) is 0 Å². The van der Waals surface area contributed by atoms with Gasteiger partial charge < -0.3 is 5.32 Å². The van der Waals surface area contributed by atoms with Gasteiger partial charge in [-0.05, 0) is 36.1 Å². The van der Waals surface area contributed by atoms with Crippen molar-refractivity contribution in [2.75, 3.05) is 5.32 Å².